The molecule has 1 saturated heterocycles. The van der Waals surface area contributed by atoms with Crippen molar-refractivity contribution in [1.29, 1.82) is 0 Å². The number of likely N-dealkylation sites (tertiary alicyclic amines) is 1. The zero-order chi connectivity index (χ0) is 17.8. The molecule has 3 heterocycles. The van der Waals surface area contributed by atoms with E-state index in [4.69, 9.17) is 0 Å². The van der Waals surface area contributed by atoms with Gasteiger partial charge in [-0.15, -0.1) is 0 Å². The number of hydrogen-bond acceptors (Lipinski definition) is 6. The van der Waals surface area contributed by atoms with Crippen molar-refractivity contribution in [3.8, 4) is 0 Å². The number of halogens is 2. The van der Waals surface area contributed by atoms with Gasteiger partial charge in [0.05, 0.1) is 5.69 Å². The molecular weight excluding hydrogens is 326 g/mol. The maximum atomic E-state index is 14.4. The molecule has 1 aliphatic heterocycles. The Morgan fingerprint density at radius 2 is 2.00 bits per heavy atom. The van der Waals surface area contributed by atoms with Crippen LogP contribution in [0.15, 0.2) is 25.0 Å². The zero-order valence-corrected chi connectivity index (χ0v) is 14.4. The molecule has 0 spiro atoms. The fraction of sp³-hybridized carbons (Fsp3) is 0.529. The number of nitrogens with zero attached hydrogens (tertiary/aromatic N) is 6. The molecule has 25 heavy (non-hydrogen) atoms. The molecule has 0 saturated carbocycles. The molecule has 134 valence electrons. The number of aromatic nitrogens is 4. The Balaban J connectivity index is 1.71. The highest BCUT2D eigenvalue weighted by atomic mass is 19.1. The first kappa shape index (κ1) is 17.6. The topological polar surface area (TPSA) is 58.0 Å². The molecule has 0 aromatic carbocycles. The van der Waals surface area contributed by atoms with E-state index in [-0.39, 0.29) is 11.9 Å². The van der Waals surface area contributed by atoms with Crippen molar-refractivity contribution in [2.45, 2.75) is 38.5 Å². The van der Waals surface area contributed by atoms with E-state index < -0.39 is 12.0 Å². The summed E-state index contributed by atoms with van der Waals surface area (Å²) in [5.41, 5.74) is 1.33. The van der Waals surface area contributed by atoms with E-state index in [0.717, 1.165) is 5.56 Å². The van der Waals surface area contributed by atoms with Gasteiger partial charge in [0.25, 0.3) is 0 Å². The first-order valence-corrected chi connectivity index (χ1v) is 8.41. The molecule has 6 nitrogen and oxygen atoms in total. The van der Waals surface area contributed by atoms with Crippen LogP contribution in [0.5, 0.6) is 0 Å². The van der Waals surface area contributed by atoms with E-state index in [1.54, 1.807) is 24.3 Å². The number of rotatable bonds is 6. The van der Waals surface area contributed by atoms with Gasteiger partial charge in [0.15, 0.2) is 11.6 Å². The maximum Gasteiger partial charge on any atom is 0.187 e. The Bertz CT molecular complexity index is 699. The molecule has 3 rings (SSSR count). The Morgan fingerprint density at radius 3 is 2.72 bits per heavy atom. The Kier molecular flexibility index (Phi) is 5.47. The van der Waals surface area contributed by atoms with Crippen molar-refractivity contribution < 1.29 is 8.78 Å². The average Bonchev–Trinajstić information content (AvgIpc) is 2.95. The second-order valence-electron chi connectivity index (χ2n) is 6.36. The zero-order valence-electron chi connectivity index (χ0n) is 14.4. The highest BCUT2D eigenvalue weighted by Crippen LogP contribution is 2.25. The predicted molar refractivity (Wildman–Crippen MR) is 90.4 cm³/mol. The highest BCUT2D eigenvalue weighted by Gasteiger charge is 2.33. The third-order valence-electron chi connectivity index (χ3n) is 4.50. The average molecular weight is 348 g/mol. The van der Waals surface area contributed by atoms with Gasteiger partial charge in [-0.2, -0.15) is 0 Å². The lowest BCUT2D eigenvalue weighted by Crippen LogP contribution is -2.39. The Labute approximate surface area is 145 Å². The number of likely N-dealkylation sites (N-methyl/N-ethyl adjacent to an activating group) is 1. The fourth-order valence-electron chi connectivity index (χ4n) is 3.26. The largest absolute Gasteiger partial charge is 0.356 e. The first-order valence-electron chi connectivity index (χ1n) is 8.41. The van der Waals surface area contributed by atoms with Crippen LogP contribution in [0.3, 0.4) is 0 Å². The van der Waals surface area contributed by atoms with E-state index in [1.807, 2.05) is 6.92 Å². The van der Waals surface area contributed by atoms with Gasteiger partial charge < -0.3 is 4.90 Å². The van der Waals surface area contributed by atoms with E-state index in [9.17, 15) is 8.78 Å². The lowest BCUT2D eigenvalue weighted by molar-refractivity contribution is 0.236. The standard InChI is InChI=1S/C17H22F2N6/c1-3-15-16(19)17(23-11-22-15)24(2)9-14-4-13(18)8-25(14)7-12-5-20-10-21-6-12/h5-6,10-11,13-14H,3-4,7-9H2,1-2H3/t13-,14-/m0/s1. The summed E-state index contributed by atoms with van der Waals surface area (Å²) in [6.07, 6.45) is 6.36. The molecule has 1 aliphatic rings. The minimum atomic E-state index is -0.885. The van der Waals surface area contributed by atoms with Gasteiger partial charge in [0, 0.05) is 50.7 Å². The third kappa shape index (κ3) is 4.07. The van der Waals surface area contributed by atoms with Crippen molar-refractivity contribution in [1.82, 2.24) is 24.8 Å². The number of anilines is 1. The number of hydrogen-bond donors (Lipinski definition) is 0. The summed E-state index contributed by atoms with van der Waals surface area (Å²) >= 11 is 0. The van der Waals surface area contributed by atoms with Gasteiger partial charge in [0.1, 0.15) is 18.8 Å². The van der Waals surface area contributed by atoms with Crippen LogP contribution in [0.4, 0.5) is 14.6 Å². The second-order valence-corrected chi connectivity index (χ2v) is 6.36. The van der Waals surface area contributed by atoms with Crippen LogP contribution in [0.25, 0.3) is 0 Å². The molecular formula is C17H22F2N6. The predicted octanol–water partition coefficient (Wildman–Crippen LogP) is 2.02. The fourth-order valence-corrected chi connectivity index (χ4v) is 3.26. The van der Waals surface area contributed by atoms with E-state index in [1.165, 1.54) is 12.7 Å². The number of aryl methyl sites for hydroxylation is 1. The SMILES string of the molecule is CCc1ncnc(N(C)C[C@@H]2C[C@H](F)CN2Cc2cncnc2)c1F. The summed E-state index contributed by atoms with van der Waals surface area (Å²) in [5, 5.41) is 0. The van der Waals surface area contributed by atoms with Crippen LogP contribution in [0.2, 0.25) is 0 Å². The summed E-state index contributed by atoms with van der Waals surface area (Å²) in [7, 11) is 1.78. The summed E-state index contributed by atoms with van der Waals surface area (Å²) < 4.78 is 28.4. The van der Waals surface area contributed by atoms with Gasteiger partial charge in [-0.3, -0.25) is 4.90 Å². The molecule has 0 aliphatic carbocycles. The summed E-state index contributed by atoms with van der Waals surface area (Å²) in [5.74, 6) is -0.137. The van der Waals surface area contributed by atoms with E-state index >= 15 is 0 Å². The number of alkyl halides is 1. The molecule has 0 bridgehead atoms. The highest BCUT2D eigenvalue weighted by molar-refractivity contribution is 5.40. The van der Waals surface area contributed by atoms with Crippen LogP contribution in [-0.2, 0) is 13.0 Å². The van der Waals surface area contributed by atoms with Crippen LogP contribution in [0, 0.1) is 5.82 Å². The Hall–Kier alpha value is -2.22. The van der Waals surface area contributed by atoms with Crippen LogP contribution >= 0.6 is 0 Å². The first-order chi connectivity index (χ1) is 12.1. The normalized spacial score (nSPS) is 20.8. The second kappa shape index (κ2) is 7.77. The summed E-state index contributed by atoms with van der Waals surface area (Å²) in [4.78, 5) is 19.8. The monoisotopic (exact) mass is 348 g/mol. The quantitative estimate of drug-likeness (QED) is 0.796. The van der Waals surface area contributed by atoms with Gasteiger partial charge in [-0.25, -0.2) is 28.7 Å². The lowest BCUT2D eigenvalue weighted by atomic mass is 10.2. The molecule has 1 fully saturated rings. The maximum absolute atomic E-state index is 14.4. The van der Waals surface area contributed by atoms with Gasteiger partial charge in [-0.1, -0.05) is 6.92 Å². The molecule has 2 atom stereocenters. The third-order valence-corrected chi connectivity index (χ3v) is 4.50. The minimum Gasteiger partial charge on any atom is -0.356 e. The van der Waals surface area contributed by atoms with Crippen LogP contribution in [0.1, 0.15) is 24.6 Å². The van der Waals surface area contributed by atoms with Crippen molar-refractivity contribution in [2.24, 2.45) is 0 Å². The summed E-state index contributed by atoms with van der Waals surface area (Å²) in [6.45, 7) is 3.28. The van der Waals surface area contributed by atoms with Crippen LogP contribution < -0.4 is 4.90 Å². The van der Waals surface area contributed by atoms with Gasteiger partial charge >= 0.3 is 0 Å². The molecule has 0 unspecified atom stereocenters. The van der Waals surface area contributed by atoms with Crippen molar-refractivity contribution in [2.75, 3.05) is 25.0 Å². The van der Waals surface area contributed by atoms with Gasteiger partial charge in [-0.05, 0) is 12.8 Å². The molecule has 0 N–H and O–H groups in total. The van der Waals surface area contributed by atoms with E-state index in [2.05, 4.69) is 24.8 Å². The molecule has 8 heteroatoms. The van der Waals surface area contributed by atoms with Crippen LogP contribution in [-0.4, -0.2) is 57.2 Å². The minimum absolute atomic E-state index is 0.0281. The van der Waals surface area contributed by atoms with Crippen molar-refractivity contribution in [3.05, 3.63) is 42.1 Å². The van der Waals surface area contributed by atoms with Gasteiger partial charge in [0.2, 0.25) is 0 Å². The molecule has 0 amide bonds. The molecule has 2 aromatic heterocycles. The molecule has 2 aromatic rings. The lowest BCUT2D eigenvalue weighted by Gasteiger charge is -2.29. The Morgan fingerprint density at radius 1 is 1.24 bits per heavy atom. The molecule has 0 radical (unpaired) electrons. The van der Waals surface area contributed by atoms with E-state index in [0.29, 0.717) is 38.2 Å². The summed E-state index contributed by atoms with van der Waals surface area (Å²) in [6, 6.07) is -0.0281. The van der Waals surface area contributed by atoms with Crippen molar-refractivity contribution in [3.63, 3.8) is 0 Å². The smallest absolute Gasteiger partial charge is 0.187 e. The van der Waals surface area contributed by atoms with Crippen molar-refractivity contribution >= 4 is 5.82 Å².